The molecule has 4 aliphatic rings. The summed E-state index contributed by atoms with van der Waals surface area (Å²) in [5.74, 6) is -21.6. The van der Waals surface area contributed by atoms with E-state index in [1.54, 1.807) is 29.7 Å². The number of amides is 4. The Balaban J connectivity index is 1.44. The van der Waals surface area contributed by atoms with E-state index in [0.29, 0.717) is 5.56 Å². The van der Waals surface area contributed by atoms with Crippen LogP contribution >= 0.6 is 34.5 Å². The Labute approximate surface area is 289 Å². The van der Waals surface area contributed by atoms with Crippen LogP contribution in [0.1, 0.15) is 34.8 Å². The smallest absolute Gasteiger partial charge is 0.258 e. The van der Waals surface area contributed by atoms with Crippen LogP contribution in [-0.4, -0.2) is 43.4 Å². The van der Waals surface area contributed by atoms with Gasteiger partial charge in [0.25, 0.3) is 11.8 Å². The van der Waals surface area contributed by atoms with Crippen LogP contribution in [0.2, 0.25) is 0 Å². The van der Waals surface area contributed by atoms with Gasteiger partial charge in [-0.3, -0.25) is 24.1 Å². The third-order valence-electron chi connectivity index (χ3n) is 10.0. The maximum atomic E-state index is 15.2. The molecule has 7 rings (SSSR count). The summed E-state index contributed by atoms with van der Waals surface area (Å²) in [6.07, 6.45) is 2.56. The van der Waals surface area contributed by atoms with E-state index in [2.05, 4.69) is 6.58 Å². The molecule has 254 valence electrons. The van der Waals surface area contributed by atoms with Crippen molar-refractivity contribution in [2.45, 2.75) is 41.5 Å². The molecule has 2 aromatic carbocycles. The number of anilines is 1. The highest BCUT2D eigenvalue weighted by molar-refractivity contribution is 7.09. The van der Waals surface area contributed by atoms with Gasteiger partial charge in [-0.1, -0.05) is 42.0 Å². The number of alkyl halides is 2. The van der Waals surface area contributed by atoms with Gasteiger partial charge in [0.2, 0.25) is 17.6 Å². The first-order valence-corrected chi connectivity index (χ1v) is 16.6. The number of rotatable bonds is 6. The largest absolute Gasteiger partial charge is 0.507 e. The van der Waals surface area contributed by atoms with Crippen molar-refractivity contribution in [1.29, 1.82) is 0 Å². The molecule has 6 unspecified atom stereocenters. The summed E-state index contributed by atoms with van der Waals surface area (Å²) in [4.78, 5) is 52.5. The number of phenolic OH excluding ortho intramolecular Hbond substituents is 1. The molecular weight excluding hydrogens is 714 g/mol. The van der Waals surface area contributed by atoms with E-state index >= 15 is 8.78 Å². The number of imide groups is 2. The predicted octanol–water partition coefficient (Wildman–Crippen LogP) is 6.64. The fourth-order valence-electron chi connectivity index (χ4n) is 7.86. The van der Waals surface area contributed by atoms with Crippen molar-refractivity contribution in [3.8, 4) is 5.75 Å². The second kappa shape index (κ2) is 11.5. The average Bonchev–Trinajstić information content (AvgIpc) is 3.72. The van der Waals surface area contributed by atoms with Crippen LogP contribution in [0.5, 0.6) is 5.75 Å². The molecule has 0 bridgehead atoms. The van der Waals surface area contributed by atoms with Crippen LogP contribution in [-0.2, 0) is 32.1 Å². The first-order valence-electron chi connectivity index (χ1n) is 15.0. The molecule has 0 spiro atoms. The third kappa shape index (κ3) is 4.37. The molecule has 3 heterocycles. The van der Waals surface area contributed by atoms with Crippen molar-refractivity contribution < 1.29 is 46.2 Å². The van der Waals surface area contributed by atoms with Gasteiger partial charge < -0.3 is 5.11 Å². The van der Waals surface area contributed by atoms with Crippen molar-refractivity contribution in [2.24, 2.45) is 17.8 Å². The summed E-state index contributed by atoms with van der Waals surface area (Å²) in [7, 11) is 0. The molecule has 49 heavy (non-hydrogen) atoms. The van der Waals surface area contributed by atoms with Crippen LogP contribution in [0.4, 0.5) is 27.6 Å². The fraction of sp³-hybridized carbons (Fsp3) is 0.294. The molecule has 4 amide bonds. The molecule has 15 heteroatoms. The standard InChI is InChI=1S/C34H23Cl2F5N2O5S/c1-2-5-14-6-3-8-18(28(14)44)21-16-9-10-17-20(30(46)42(29(17)45)13-15-7-4-11-49-15)19(16)12-33(35)31(47)43(32(48)34(21,33)36)27-25(40)23(38)22(37)24(39)26(27)41/h2-4,6-9,11,17,19-21,44H,1,5,10,12-13H2. The Bertz CT molecular complexity index is 2010. The molecule has 0 radical (unpaired) electrons. The highest BCUT2D eigenvalue weighted by Gasteiger charge is 2.77. The Hall–Kier alpha value is -4.07. The first kappa shape index (κ1) is 33.4. The summed E-state index contributed by atoms with van der Waals surface area (Å²) in [5.41, 5.74) is -1.36. The summed E-state index contributed by atoms with van der Waals surface area (Å²) >= 11 is 15.6. The van der Waals surface area contributed by atoms with Crippen molar-refractivity contribution in [3.63, 3.8) is 0 Å². The molecule has 1 saturated carbocycles. The van der Waals surface area contributed by atoms with Gasteiger partial charge in [-0.15, -0.1) is 41.1 Å². The number of halogens is 7. The van der Waals surface area contributed by atoms with Crippen molar-refractivity contribution >= 4 is 63.9 Å². The number of hydrogen-bond donors (Lipinski definition) is 1. The number of benzene rings is 2. The van der Waals surface area contributed by atoms with Gasteiger partial charge in [0.1, 0.15) is 11.4 Å². The van der Waals surface area contributed by atoms with E-state index in [0.717, 1.165) is 9.78 Å². The number of para-hydroxylation sites is 1. The minimum absolute atomic E-state index is 0.00261. The Morgan fingerprint density at radius 1 is 0.918 bits per heavy atom. The Morgan fingerprint density at radius 3 is 2.22 bits per heavy atom. The summed E-state index contributed by atoms with van der Waals surface area (Å²) in [5, 5.41) is 13.3. The van der Waals surface area contributed by atoms with Gasteiger partial charge in [-0.2, -0.15) is 0 Å². The van der Waals surface area contributed by atoms with E-state index in [9.17, 15) is 37.5 Å². The van der Waals surface area contributed by atoms with E-state index in [1.807, 2.05) is 0 Å². The maximum Gasteiger partial charge on any atom is 0.258 e. The summed E-state index contributed by atoms with van der Waals surface area (Å²) < 4.78 is 73.3. The number of hydrogen-bond acceptors (Lipinski definition) is 6. The van der Waals surface area contributed by atoms with E-state index < -0.39 is 104 Å². The molecule has 3 fully saturated rings. The maximum absolute atomic E-state index is 15.2. The second-order valence-electron chi connectivity index (χ2n) is 12.4. The number of fused-ring (bicyclic) bond motifs is 4. The van der Waals surface area contributed by atoms with Crippen LogP contribution in [0.3, 0.4) is 0 Å². The number of nitrogens with zero attached hydrogens (tertiary/aromatic N) is 2. The predicted molar refractivity (Wildman–Crippen MR) is 168 cm³/mol. The van der Waals surface area contributed by atoms with Gasteiger partial charge in [0.05, 0.1) is 18.4 Å². The number of aromatic hydroxyl groups is 1. The second-order valence-corrected chi connectivity index (χ2v) is 14.7. The summed E-state index contributed by atoms with van der Waals surface area (Å²) in [6.45, 7) is 3.64. The quantitative estimate of drug-likeness (QED) is 0.0765. The number of thiophene rings is 1. The Morgan fingerprint density at radius 2 is 1.59 bits per heavy atom. The highest BCUT2D eigenvalue weighted by atomic mass is 35.5. The number of likely N-dealkylation sites (tertiary alicyclic amines) is 1. The molecule has 6 atom stereocenters. The van der Waals surface area contributed by atoms with Gasteiger partial charge in [0.15, 0.2) is 33.0 Å². The normalized spacial score (nSPS) is 29.2. The molecule has 3 aromatic rings. The van der Waals surface area contributed by atoms with Crippen molar-refractivity contribution in [1.82, 2.24) is 4.90 Å². The number of phenols is 1. The third-order valence-corrected chi connectivity index (χ3v) is 12.3. The molecule has 7 nitrogen and oxygen atoms in total. The van der Waals surface area contributed by atoms with Crippen LogP contribution in [0.25, 0.3) is 0 Å². The lowest BCUT2D eigenvalue weighted by Gasteiger charge is -2.50. The SMILES string of the molecule is C=CCc1cccc(C2C3=CCC4C(=O)N(Cc5cccs5)C(=O)C4C3CC3(Cl)C(=O)N(c4c(F)c(F)c(F)c(F)c4F)C(=O)C23Cl)c1O. The van der Waals surface area contributed by atoms with Crippen molar-refractivity contribution in [3.05, 3.63) is 105 Å². The van der Waals surface area contributed by atoms with Gasteiger partial charge in [-0.25, -0.2) is 26.9 Å². The number of allylic oxidation sites excluding steroid dienone is 3. The van der Waals surface area contributed by atoms with Crippen LogP contribution in [0, 0.1) is 46.8 Å². The zero-order chi connectivity index (χ0) is 35.3. The van der Waals surface area contributed by atoms with E-state index in [-0.39, 0.29) is 35.4 Å². The lowest BCUT2D eigenvalue weighted by atomic mass is 9.56. The van der Waals surface area contributed by atoms with E-state index in [4.69, 9.17) is 23.2 Å². The molecule has 1 aromatic heterocycles. The highest BCUT2D eigenvalue weighted by Crippen LogP contribution is 2.66. The molecular formula is C34H23Cl2F5N2O5S. The zero-order valence-corrected chi connectivity index (χ0v) is 27.3. The lowest BCUT2D eigenvalue weighted by Crippen LogP contribution is -2.60. The zero-order valence-electron chi connectivity index (χ0n) is 25.0. The average molecular weight is 738 g/mol. The molecule has 1 N–H and O–H groups in total. The Kier molecular flexibility index (Phi) is 7.84. The van der Waals surface area contributed by atoms with Gasteiger partial charge in [0, 0.05) is 16.4 Å². The molecule has 2 saturated heterocycles. The first-order chi connectivity index (χ1) is 23.2. The lowest BCUT2D eigenvalue weighted by molar-refractivity contribution is -0.141. The van der Waals surface area contributed by atoms with E-state index in [1.165, 1.54) is 29.5 Å². The van der Waals surface area contributed by atoms with Gasteiger partial charge in [-0.05, 0) is 42.2 Å². The monoisotopic (exact) mass is 736 g/mol. The fourth-order valence-corrected chi connectivity index (χ4v) is 9.48. The number of carbonyl (C=O) groups is 4. The van der Waals surface area contributed by atoms with Crippen molar-refractivity contribution in [2.75, 3.05) is 4.90 Å². The number of carbonyl (C=O) groups excluding carboxylic acids is 4. The molecule has 2 aliphatic carbocycles. The molecule has 2 aliphatic heterocycles. The minimum Gasteiger partial charge on any atom is -0.507 e. The van der Waals surface area contributed by atoms with Crippen LogP contribution in [0.15, 0.2) is 60.0 Å². The van der Waals surface area contributed by atoms with Gasteiger partial charge >= 0.3 is 0 Å². The minimum atomic E-state index is -2.73. The topological polar surface area (TPSA) is 95.0 Å². The summed E-state index contributed by atoms with van der Waals surface area (Å²) in [6, 6.07) is 7.94. The van der Waals surface area contributed by atoms with Crippen LogP contribution < -0.4 is 4.90 Å².